The van der Waals surface area contributed by atoms with Crippen molar-refractivity contribution in [2.75, 3.05) is 0 Å². The van der Waals surface area contributed by atoms with Crippen molar-refractivity contribution in [1.82, 2.24) is 0 Å². The summed E-state index contributed by atoms with van der Waals surface area (Å²) in [5.74, 6) is 0.683. The molecule has 13 rings (SSSR count). The van der Waals surface area contributed by atoms with Gasteiger partial charge in [-0.2, -0.15) is 0 Å². The molecule has 0 amide bonds. The normalized spacial score (nSPS) is 18.7. The Morgan fingerprint density at radius 3 is 1.81 bits per heavy atom. The second-order valence-corrected chi connectivity index (χ2v) is 18.2. The Hall–Kier alpha value is -6.50. The summed E-state index contributed by atoms with van der Waals surface area (Å²) < 4.78 is 0. The van der Waals surface area contributed by atoms with Gasteiger partial charge in [0.15, 0.2) is 0 Å². The first kappa shape index (κ1) is 32.6. The number of hydrogen-bond donors (Lipinski definition) is 0. The summed E-state index contributed by atoms with van der Waals surface area (Å²) in [6.45, 7) is 7.01. The van der Waals surface area contributed by atoms with E-state index < -0.39 is 0 Å². The molecule has 0 fully saturated rings. The molecule has 8 aromatic rings. The lowest BCUT2D eigenvalue weighted by Gasteiger charge is -2.32. The maximum Gasteiger partial charge on any atom is 0.0205 e. The van der Waals surface area contributed by atoms with Crippen molar-refractivity contribution in [1.29, 1.82) is 0 Å². The largest absolute Gasteiger partial charge is 0.0842 e. The first-order valence-corrected chi connectivity index (χ1v) is 21.1. The van der Waals surface area contributed by atoms with E-state index in [1.807, 2.05) is 0 Å². The zero-order valence-corrected chi connectivity index (χ0v) is 33.2. The quantitative estimate of drug-likeness (QED) is 0.158. The van der Waals surface area contributed by atoms with E-state index in [2.05, 4.69) is 185 Å². The van der Waals surface area contributed by atoms with E-state index in [9.17, 15) is 0 Å². The van der Waals surface area contributed by atoms with Crippen molar-refractivity contribution < 1.29 is 0 Å². The molecular formula is C58H42. The Kier molecular flexibility index (Phi) is 6.49. The SMILES string of the molecule is CC(C)(C)c1cc2ccc3ccc4c5c(cc(c1)c2c35)-c1c-4c(-c2ccccc2)c2cc3c(cc2c1-c1ccccc1)C1=CC=C(C2=CC=CCC2)C2C=CC=C3C12. The lowest BCUT2D eigenvalue weighted by atomic mass is 9.71. The van der Waals surface area contributed by atoms with Gasteiger partial charge in [0.1, 0.15) is 0 Å². The molecule has 0 aromatic heterocycles. The number of allylic oxidation sites excluding steroid dienone is 12. The molecule has 0 radical (unpaired) electrons. The van der Waals surface area contributed by atoms with Crippen LogP contribution in [0.4, 0.5) is 0 Å². The minimum absolute atomic E-state index is 0.0371. The fourth-order valence-electron chi connectivity index (χ4n) is 11.5. The van der Waals surface area contributed by atoms with Crippen LogP contribution in [-0.2, 0) is 5.41 Å². The molecule has 2 atom stereocenters. The lowest BCUT2D eigenvalue weighted by Crippen LogP contribution is -2.20. The van der Waals surface area contributed by atoms with Gasteiger partial charge in [0.25, 0.3) is 0 Å². The van der Waals surface area contributed by atoms with Crippen LogP contribution in [0, 0.1) is 11.8 Å². The number of benzene rings is 8. The number of rotatable bonds is 3. The van der Waals surface area contributed by atoms with Gasteiger partial charge in [-0.25, -0.2) is 0 Å². The van der Waals surface area contributed by atoms with Gasteiger partial charge in [0, 0.05) is 11.8 Å². The molecule has 0 heterocycles. The molecule has 0 aliphatic heterocycles. The Morgan fingerprint density at radius 2 is 1.12 bits per heavy atom. The van der Waals surface area contributed by atoms with E-state index >= 15 is 0 Å². The van der Waals surface area contributed by atoms with Crippen LogP contribution >= 0.6 is 0 Å². The maximum absolute atomic E-state index is 2.59. The fourth-order valence-corrected chi connectivity index (χ4v) is 11.5. The number of fused-ring (bicyclic) bond motifs is 7. The van der Waals surface area contributed by atoms with Crippen LogP contribution in [0.25, 0.3) is 98.7 Å². The van der Waals surface area contributed by atoms with Crippen LogP contribution in [0.3, 0.4) is 0 Å². The highest BCUT2D eigenvalue weighted by Gasteiger charge is 2.42. The Balaban J connectivity index is 1.19. The van der Waals surface area contributed by atoms with E-state index in [1.165, 1.54) is 127 Å². The molecular weight excluding hydrogens is 697 g/mol. The predicted octanol–water partition coefficient (Wildman–Crippen LogP) is 15.8. The Morgan fingerprint density at radius 1 is 0.483 bits per heavy atom. The molecule has 5 aliphatic carbocycles. The average molecular weight is 739 g/mol. The molecule has 0 heteroatoms. The Labute approximate surface area is 339 Å². The van der Waals surface area contributed by atoms with Crippen LogP contribution in [0.5, 0.6) is 0 Å². The van der Waals surface area contributed by atoms with E-state index in [4.69, 9.17) is 0 Å². The third kappa shape index (κ3) is 4.30. The monoisotopic (exact) mass is 738 g/mol. The first-order chi connectivity index (χ1) is 28.4. The zero-order valence-electron chi connectivity index (χ0n) is 33.2. The van der Waals surface area contributed by atoms with Crippen molar-refractivity contribution in [3.8, 4) is 44.5 Å². The molecule has 5 aliphatic rings. The third-order valence-electron chi connectivity index (χ3n) is 14.1. The predicted molar refractivity (Wildman–Crippen MR) is 248 cm³/mol. The van der Waals surface area contributed by atoms with Crippen LogP contribution < -0.4 is 0 Å². The average Bonchev–Trinajstić information content (AvgIpc) is 3.75. The smallest absolute Gasteiger partial charge is 0.0205 e. The molecule has 0 nitrogen and oxygen atoms in total. The summed E-state index contributed by atoms with van der Waals surface area (Å²) in [4.78, 5) is 0. The highest BCUT2D eigenvalue weighted by molar-refractivity contribution is 6.36. The topological polar surface area (TPSA) is 0 Å². The van der Waals surface area contributed by atoms with Crippen molar-refractivity contribution in [2.45, 2.75) is 39.0 Å². The van der Waals surface area contributed by atoms with E-state index in [0.29, 0.717) is 11.8 Å². The molecule has 274 valence electrons. The van der Waals surface area contributed by atoms with Crippen LogP contribution in [0.2, 0.25) is 0 Å². The molecule has 0 saturated carbocycles. The molecule has 2 unspecified atom stereocenters. The van der Waals surface area contributed by atoms with Gasteiger partial charge in [-0.05, 0) is 163 Å². The highest BCUT2D eigenvalue weighted by atomic mass is 14.4. The van der Waals surface area contributed by atoms with Gasteiger partial charge >= 0.3 is 0 Å². The summed E-state index contributed by atoms with van der Waals surface area (Å²) >= 11 is 0. The van der Waals surface area contributed by atoms with Crippen molar-refractivity contribution in [2.24, 2.45) is 11.8 Å². The summed E-state index contributed by atoms with van der Waals surface area (Å²) in [5.41, 5.74) is 20.8. The van der Waals surface area contributed by atoms with Crippen molar-refractivity contribution in [3.05, 3.63) is 192 Å². The molecule has 8 aromatic carbocycles. The van der Waals surface area contributed by atoms with E-state index in [-0.39, 0.29) is 5.41 Å². The summed E-state index contributed by atoms with van der Waals surface area (Å²) in [6.07, 6.45) is 21.3. The van der Waals surface area contributed by atoms with Crippen LogP contribution in [0.15, 0.2) is 175 Å². The van der Waals surface area contributed by atoms with E-state index in [1.54, 1.807) is 0 Å². The minimum Gasteiger partial charge on any atom is -0.0842 e. The van der Waals surface area contributed by atoms with Gasteiger partial charge in [-0.3, -0.25) is 0 Å². The van der Waals surface area contributed by atoms with Crippen LogP contribution in [0.1, 0.15) is 50.3 Å². The van der Waals surface area contributed by atoms with Crippen molar-refractivity contribution >= 4 is 54.2 Å². The summed E-state index contributed by atoms with van der Waals surface area (Å²) in [5, 5.41) is 10.8. The lowest BCUT2D eigenvalue weighted by molar-refractivity contribution is 0.591. The fraction of sp³-hybridized carbons (Fsp3) is 0.138. The maximum atomic E-state index is 2.59. The standard InChI is InChI=1S/C58H42/c1-58(2,3)39-28-37-23-22-36-24-25-44-55-49(30-38(29-39)50(37)53(36)55)57-52(35-18-11-6-12-19-35)48-32-46-43-27-26-40(33-14-7-4-8-15-33)41-20-13-21-42(54(41)43)45(46)31-47(48)51(56(44)57)34-16-9-5-10-17-34/h4-7,9-14,16-32,41,54H,8,15H2,1-3H3. The zero-order chi connectivity index (χ0) is 38.4. The summed E-state index contributed by atoms with van der Waals surface area (Å²) in [7, 11) is 0. The second kappa shape index (κ2) is 11.6. The second-order valence-electron chi connectivity index (χ2n) is 18.2. The molecule has 0 N–H and O–H groups in total. The van der Waals surface area contributed by atoms with Crippen molar-refractivity contribution in [3.63, 3.8) is 0 Å². The third-order valence-corrected chi connectivity index (χ3v) is 14.1. The van der Waals surface area contributed by atoms with Gasteiger partial charge in [-0.1, -0.05) is 166 Å². The number of hydrogen-bond acceptors (Lipinski definition) is 0. The first-order valence-electron chi connectivity index (χ1n) is 21.1. The van der Waals surface area contributed by atoms with Crippen LogP contribution in [-0.4, -0.2) is 0 Å². The molecule has 0 saturated heterocycles. The molecule has 58 heavy (non-hydrogen) atoms. The van der Waals surface area contributed by atoms with Gasteiger partial charge < -0.3 is 0 Å². The minimum atomic E-state index is 0.0371. The summed E-state index contributed by atoms with van der Waals surface area (Å²) in [6, 6.07) is 44.7. The van der Waals surface area contributed by atoms with E-state index in [0.717, 1.165) is 12.8 Å². The van der Waals surface area contributed by atoms with Gasteiger partial charge in [-0.15, -0.1) is 0 Å². The highest BCUT2D eigenvalue weighted by Crippen LogP contribution is 2.62. The van der Waals surface area contributed by atoms with Gasteiger partial charge in [0.2, 0.25) is 0 Å². The molecule has 0 bridgehead atoms. The van der Waals surface area contributed by atoms with Gasteiger partial charge in [0.05, 0.1) is 0 Å². The molecule has 0 spiro atoms. The Bertz CT molecular complexity index is 3330.